The Hall–Kier alpha value is -1.39. The molecule has 0 atom stereocenters. The average Bonchev–Trinajstić information content (AvgIpc) is 2.16. The third-order valence-corrected chi connectivity index (χ3v) is 2.63. The molecule has 1 aromatic rings. The number of anilines is 1. The predicted octanol–water partition coefficient (Wildman–Crippen LogP) is 2.83. The molecule has 1 aliphatic carbocycles. The van der Waals surface area contributed by atoms with Crippen LogP contribution in [0.2, 0.25) is 0 Å². The van der Waals surface area contributed by atoms with Gasteiger partial charge in [-0.2, -0.15) is 0 Å². The first kappa shape index (κ1) is 11.1. The van der Waals surface area contributed by atoms with E-state index in [4.69, 9.17) is 10.5 Å². The first-order valence-corrected chi connectivity index (χ1v) is 5.02. The lowest BCUT2D eigenvalue weighted by Gasteiger charge is -2.34. The molecule has 0 heterocycles. The van der Waals surface area contributed by atoms with Crippen molar-refractivity contribution in [2.24, 2.45) is 5.92 Å². The van der Waals surface area contributed by atoms with Crippen molar-refractivity contribution in [3.63, 3.8) is 0 Å². The number of hydrogen-bond donors (Lipinski definition) is 1. The van der Waals surface area contributed by atoms with Crippen LogP contribution in [0.1, 0.15) is 12.8 Å². The minimum absolute atomic E-state index is 0.0440. The summed E-state index contributed by atoms with van der Waals surface area (Å²) in [7, 11) is 0. The minimum Gasteiger partial charge on any atom is -0.493 e. The molecular weight excluding hydrogens is 219 g/mol. The number of halogens is 3. The van der Waals surface area contributed by atoms with Gasteiger partial charge in [0.2, 0.25) is 5.92 Å². The Bertz CT molecular complexity index is 387. The first-order chi connectivity index (χ1) is 7.46. The van der Waals surface area contributed by atoms with Crippen LogP contribution in [-0.2, 0) is 0 Å². The first-order valence-electron chi connectivity index (χ1n) is 5.02. The third kappa shape index (κ3) is 2.40. The van der Waals surface area contributed by atoms with Gasteiger partial charge in [0.15, 0.2) is 0 Å². The zero-order valence-electron chi connectivity index (χ0n) is 8.55. The molecular formula is C11H12F3NO. The zero-order valence-corrected chi connectivity index (χ0v) is 8.55. The van der Waals surface area contributed by atoms with Crippen LogP contribution in [0.4, 0.5) is 18.9 Å². The maximum atomic E-state index is 13.0. The van der Waals surface area contributed by atoms with Gasteiger partial charge in [-0.25, -0.2) is 13.2 Å². The van der Waals surface area contributed by atoms with E-state index < -0.39 is 11.7 Å². The Morgan fingerprint density at radius 1 is 1.38 bits per heavy atom. The van der Waals surface area contributed by atoms with Crippen LogP contribution in [0.5, 0.6) is 5.75 Å². The zero-order chi connectivity index (χ0) is 11.8. The molecule has 0 spiro atoms. The van der Waals surface area contributed by atoms with Crippen molar-refractivity contribution in [3.05, 3.63) is 24.0 Å². The van der Waals surface area contributed by atoms with Crippen molar-refractivity contribution in [2.45, 2.75) is 18.8 Å². The molecule has 0 amide bonds. The van der Waals surface area contributed by atoms with Crippen LogP contribution in [0, 0.1) is 11.7 Å². The van der Waals surface area contributed by atoms with Crippen molar-refractivity contribution in [2.75, 3.05) is 12.3 Å². The number of ether oxygens (including phenoxy) is 1. The van der Waals surface area contributed by atoms with Crippen molar-refractivity contribution >= 4 is 5.69 Å². The second kappa shape index (κ2) is 3.88. The molecule has 0 radical (unpaired) electrons. The second-order valence-electron chi connectivity index (χ2n) is 4.12. The molecule has 0 unspecified atom stereocenters. The highest BCUT2D eigenvalue weighted by Gasteiger charge is 2.45. The molecule has 1 aliphatic rings. The fourth-order valence-electron chi connectivity index (χ4n) is 1.71. The summed E-state index contributed by atoms with van der Waals surface area (Å²) in [4.78, 5) is 0. The quantitative estimate of drug-likeness (QED) is 0.812. The van der Waals surface area contributed by atoms with Crippen molar-refractivity contribution < 1.29 is 17.9 Å². The monoisotopic (exact) mass is 231 g/mol. The van der Waals surface area contributed by atoms with Gasteiger partial charge in [-0.15, -0.1) is 0 Å². The molecule has 1 fully saturated rings. The maximum absolute atomic E-state index is 13.0. The summed E-state index contributed by atoms with van der Waals surface area (Å²) in [6.45, 7) is 0.193. The lowest BCUT2D eigenvalue weighted by atomic mass is 9.82. The highest BCUT2D eigenvalue weighted by molar-refractivity contribution is 5.43. The van der Waals surface area contributed by atoms with Gasteiger partial charge in [0, 0.05) is 24.8 Å². The van der Waals surface area contributed by atoms with Crippen molar-refractivity contribution in [1.29, 1.82) is 0 Å². The van der Waals surface area contributed by atoms with E-state index in [-0.39, 0.29) is 31.1 Å². The number of nitrogen functional groups attached to an aromatic ring is 1. The summed E-state index contributed by atoms with van der Waals surface area (Å²) in [5, 5.41) is 0. The molecule has 0 saturated heterocycles. The van der Waals surface area contributed by atoms with Crippen LogP contribution in [-0.4, -0.2) is 12.5 Å². The number of benzene rings is 1. The lowest BCUT2D eigenvalue weighted by molar-refractivity contribution is -0.119. The summed E-state index contributed by atoms with van der Waals surface area (Å²) < 4.78 is 43.2. The smallest absolute Gasteiger partial charge is 0.248 e. The third-order valence-electron chi connectivity index (χ3n) is 2.63. The number of hydrogen-bond acceptors (Lipinski definition) is 2. The molecule has 2 nitrogen and oxygen atoms in total. The van der Waals surface area contributed by atoms with E-state index in [0.717, 1.165) is 6.07 Å². The van der Waals surface area contributed by atoms with E-state index in [1.807, 2.05) is 0 Å². The largest absolute Gasteiger partial charge is 0.493 e. The normalized spacial score (nSPS) is 19.2. The van der Waals surface area contributed by atoms with Gasteiger partial charge in [-0.3, -0.25) is 0 Å². The van der Waals surface area contributed by atoms with Gasteiger partial charge < -0.3 is 10.5 Å². The molecule has 2 rings (SSSR count). The summed E-state index contributed by atoms with van der Waals surface area (Å²) >= 11 is 0. The van der Waals surface area contributed by atoms with Gasteiger partial charge in [0.05, 0.1) is 12.3 Å². The van der Waals surface area contributed by atoms with Gasteiger partial charge in [-0.05, 0) is 12.1 Å². The molecule has 5 heteroatoms. The molecule has 0 aliphatic heterocycles. The highest BCUT2D eigenvalue weighted by atomic mass is 19.3. The van der Waals surface area contributed by atoms with Gasteiger partial charge in [0.1, 0.15) is 11.6 Å². The van der Waals surface area contributed by atoms with Crippen LogP contribution in [0.3, 0.4) is 0 Å². The molecule has 0 aromatic heterocycles. The van der Waals surface area contributed by atoms with Crippen LogP contribution >= 0.6 is 0 Å². The van der Waals surface area contributed by atoms with E-state index in [2.05, 4.69) is 0 Å². The summed E-state index contributed by atoms with van der Waals surface area (Å²) in [5.41, 5.74) is 5.33. The summed E-state index contributed by atoms with van der Waals surface area (Å²) in [6, 6.07) is 4.07. The number of alkyl halides is 2. The Morgan fingerprint density at radius 3 is 2.62 bits per heavy atom. The Morgan fingerprint density at radius 2 is 2.06 bits per heavy atom. The van der Waals surface area contributed by atoms with Crippen LogP contribution in [0.15, 0.2) is 18.2 Å². The molecule has 2 N–H and O–H groups in total. The van der Waals surface area contributed by atoms with E-state index in [1.165, 1.54) is 12.1 Å². The topological polar surface area (TPSA) is 35.2 Å². The van der Waals surface area contributed by atoms with E-state index in [9.17, 15) is 13.2 Å². The predicted molar refractivity (Wildman–Crippen MR) is 54.0 cm³/mol. The Balaban J connectivity index is 1.84. The average molecular weight is 231 g/mol. The minimum atomic E-state index is -2.54. The van der Waals surface area contributed by atoms with Crippen molar-refractivity contribution in [3.8, 4) is 5.75 Å². The van der Waals surface area contributed by atoms with Gasteiger partial charge >= 0.3 is 0 Å². The maximum Gasteiger partial charge on any atom is 0.248 e. The van der Waals surface area contributed by atoms with E-state index in [0.29, 0.717) is 5.75 Å². The number of nitrogens with two attached hydrogens (primary N) is 1. The standard InChI is InChI=1S/C11H12F3NO/c12-9-3-8(1-2-10(9)15)16-6-7-4-11(13,14)5-7/h1-3,7H,4-6,15H2. The van der Waals surface area contributed by atoms with Gasteiger partial charge in [0.25, 0.3) is 0 Å². The van der Waals surface area contributed by atoms with E-state index >= 15 is 0 Å². The fourth-order valence-corrected chi connectivity index (χ4v) is 1.71. The summed E-state index contributed by atoms with van der Waals surface area (Å²) in [6.07, 6.45) is -0.297. The van der Waals surface area contributed by atoms with Gasteiger partial charge in [-0.1, -0.05) is 0 Å². The summed E-state index contributed by atoms with van der Waals surface area (Å²) in [5.74, 6) is -2.92. The molecule has 1 saturated carbocycles. The second-order valence-corrected chi connectivity index (χ2v) is 4.12. The fraction of sp³-hybridized carbons (Fsp3) is 0.455. The SMILES string of the molecule is Nc1ccc(OCC2CC(F)(F)C2)cc1F. The Labute approximate surface area is 91.2 Å². The number of rotatable bonds is 3. The molecule has 1 aromatic carbocycles. The van der Waals surface area contributed by atoms with E-state index in [1.54, 1.807) is 0 Å². The molecule has 0 bridgehead atoms. The molecule has 88 valence electrons. The van der Waals surface area contributed by atoms with Crippen LogP contribution < -0.4 is 10.5 Å². The van der Waals surface area contributed by atoms with Crippen LogP contribution in [0.25, 0.3) is 0 Å². The Kier molecular flexibility index (Phi) is 2.69. The lowest BCUT2D eigenvalue weighted by Crippen LogP contribution is -2.38. The highest BCUT2D eigenvalue weighted by Crippen LogP contribution is 2.42. The molecule has 16 heavy (non-hydrogen) atoms. The van der Waals surface area contributed by atoms with Crippen molar-refractivity contribution in [1.82, 2.24) is 0 Å².